The average molecular weight is 169 g/mol. The number of hydrogen-bond acceptors (Lipinski definition) is 1. The van der Waals surface area contributed by atoms with Crippen molar-refractivity contribution in [2.45, 2.75) is 46.6 Å². The van der Waals surface area contributed by atoms with Crippen molar-refractivity contribution in [1.29, 1.82) is 0 Å². The van der Waals surface area contributed by atoms with Crippen LogP contribution in [0.15, 0.2) is 0 Å². The molecule has 1 aliphatic carbocycles. The molecule has 72 valence electrons. The van der Waals surface area contributed by atoms with Gasteiger partial charge in [-0.05, 0) is 37.6 Å². The molecule has 1 N–H and O–H groups in total. The van der Waals surface area contributed by atoms with Gasteiger partial charge in [0.25, 0.3) is 0 Å². The summed E-state index contributed by atoms with van der Waals surface area (Å²) in [4.78, 5) is 0. The Morgan fingerprint density at radius 3 is 2.42 bits per heavy atom. The lowest BCUT2D eigenvalue weighted by Gasteiger charge is -2.19. The summed E-state index contributed by atoms with van der Waals surface area (Å²) in [5, 5.41) is 3.63. The molecule has 0 amide bonds. The van der Waals surface area contributed by atoms with E-state index in [1.165, 1.54) is 19.4 Å². The van der Waals surface area contributed by atoms with Gasteiger partial charge in [0, 0.05) is 6.04 Å². The van der Waals surface area contributed by atoms with Crippen molar-refractivity contribution in [3.05, 3.63) is 0 Å². The SMILES string of the molecule is CCC(C)C(C)NCC1CC1C. The van der Waals surface area contributed by atoms with Crippen LogP contribution in [0.25, 0.3) is 0 Å². The topological polar surface area (TPSA) is 12.0 Å². The van der Waals surface area contributed by atoms with Crippen molar-refractivity contribution in [3.63, 3.8) is 0 Å². The normalized spacial score (nSPS) is 33.0. The minimum Gasteiger partial charge on any atom is -0.314 e. The zero-order chi connectivity index (χ0) is 9.14. The molecule has 1 nitrogen and oxygen atoms in total. The van der Waals surface area contributed by atoms with Crippen LogP contribution >= 0.6 is 0 Å². The lowest BCUT2D eigenvalue weighted by atomic mass is 10.0. The maximum atomic E-state index is 3.63. The van der Waals surface area contributed by atoms with Gasteiger partial charge in [0.1, 0.15) is 0 Å². The average Bonchev–Trinajstić information content (AvgIpc) is 2.76. The van der Waals surface area contributed by atoms with E-state index in [2.05, 4.69) is 33.0 Å². The van der Waals surface area contributed by atoms with Crippen LogP contribution in [0.3, 0.4) is 0 Å². The van der Waals surface area contributed by atoms with Gasteiger partial charge in [0.15, 0.2) is 0 Å². The highest BCUT2D eigenvalue weighted by atomic mass is 14.9. The van der Waals surface area contributed by atoms with E-state index in [-0.39, 0.29) is 0 Å². The smallest absolute Gasteiger partial charge is 0.00643 e. The van der Waals surface area contributed by atoms with Crippen LogP contribution in [-0.4, -0.2) is 12.6 Å². The van der Waals surface area contributed by atoms with Gasteiger partial charge in [-0.2, -0.15) is 0 Å². The van der Waals surface area contributed by atoms with Crippen molar-refractivity contribution in [2.75, 3.05) is 6.54 Å². The quantitative estimate of drug-likeness (QED) is 0.667. The summed E-state index contributed by atoms with van der Waals surface area (Å²) in [7, 11) is 0. The Labute approximate surface area is 76.9 Å². The third kappa shape index (κ3) is 2.78. The Hall–Kier alpha value is -0.0400. The van der Waals surface area contributed by atoms with Crippen molar-refractivity contribution in [3.8, 4) is 0 Å². The van der Waals surface area contributed by atoms with Gasteiger partial charge in [-0.3, -0.25) is 0 Å². The summed E-state index contributed by atoms with van der Waals surface area (Å²) in [6.45, 7) is 10.5. The van der Waals surface area contributed by atoms with E-state index in [9.17, 15) is 0 Å². The number of hydrogen-bond donors (Lipinski definition) is 1. The van der Waals surface area contributed by atoms with Gasteiger partial charge >= 0.3 is 0 Å². The predicted octanol–water partition coefficient (Wildman–Crippen LogP) is 2.67. The molecule has 4 unspecified atom stereocenters. The van der Waals surface area contributed by atoms with Crippen molar-refractivity contribution in [2.24, 2.45) is 17.8 Å². The Bertz CT molecular complexity index is 133. The van der Waals surface area contributed by atoms with Gasteiger partial charge in [-0.15, -0.1) is 0 Å². The molecule has 0 aromatic carbocycles. The lowest BCUT2D eigenvalue weighted by molar-refractivity contribution is 0.383. The number of nitrogens with one attached hydrogen (secondary N) is 1. The summed E-state index contributed by atoms with van der Waals surface area (Å²) in [6, 6.07) is 0.697. The third-order valence-electron chi connectivity index (χ3n) is 3.48. The molecule has 0 bridgehead atoms. The Kier molecular flexibility index (Phi) is 3.57. The molecule has 4 atom stereocenters. The second-order valence-corrected chi connectivity index (χ2v) is 4.56. The van der Waals surface area contributed by atoms with Gasteiger partial charge in [-0.25, -0.2) is 0 Å². The number of rotatable bonds is 5. The fourth-order valence-electron chi connectivity index (χ4n) is 1.58. The van der Waals surface area contributed by atoms with Crippen molar-refractivity contribution < 1.29 is 0 Å². The first-order valence-corrected chi connectivity index (χ1v) is 5.38. The second-order valence-electron chi connectivity index (χ2n) is 4.56. The summed E-state index contributed by atoms with van der Waals surface area (Å²) in [5.41, 5.74) is 0. The minimum absolute atomic E-state index is 0.697. The largest absolute Gasteiger partial charge is 0.314 e. The highest BCUT2D eigenvalue weighted by molar-refractivity contribution is 4.85. The molecule has 0 spiro atoms. The van der Waals surface area contributed by atoms with Crippen LogP contribution in [0.5, 0.6) is 0 Å². The van der Waals surface area contributed by atoms with Gasteiger partial charge in [0.2, 0.25) is 0 Å². The van der Waals surface area contributed by atoms with E-state index in [1.54, 1.807) is 0 Å². The molecular weight excluding hydrogens is 146 g/mol. The Morgan fingerprint density at radius 1 is 1.42 bits per heavy atom. The highest BCUT2D eigenvalue weighted by Crippen LogP contribution is 2.36. The van der Waals surface area contributed by atoms with Crippen molar-refractivity contribution in [1.82, 2.24) is 5.32 Å². The second kappa shape index (κ2) is 4.27. The van der Waals surface area contributed by atoms with Gasteiger partial charge in [-0.1, -0.05) is 27.2 Å². The van der Waals surface area contributed by atoms with E-state index >= 15 is 0 Å². The summed E-state index contributed by atoms with van der Waals surface area (Å²) < 4.78 is 0. The molecular formula is C11H23N. The highest BCUT2D eigenvalue weighted by Gasteiger charge is 2.32. The van der Waals surface area contributed by atoms with E-state index in [1.807, 2.05) is 0 Å². The van der Waals surface area contributed by atoms with Crippen LogP contribution in [0.2, 0.25) is 0 Å². The monoisotopic (exact) mass is 169 g/mol. The molecule has 0 aromatic rings. The first-order valence-electron chi connectivity index (χ1n) is 5.38. The van der Waals surface area contributed by atoms with E-state index in [0.29, 0.717) is 6.04 Å². The molecule has 0 aliphatic heterocycles. The maximum Gasteiger partial charge on any atom is 0.00643 e. The van der Waals surface area contributed by atoms with E-state index in [0.717, 1.165) is 17.8 Å². The van der Waals surface area contributed by atoms with Crippen LogP contribution in [0.4, 0.5) is 0 Å². The summed E-state index contributed by atoms with van der Waals surface area (Å²) in [6.07, 6.45) is 2.73. The van der Waals surface area contributed by atoms with Crippen LogP contribution in [0.1, 0.15) is 40.5 Å². The van der Waals surface area contributed by atoms with Crippen LogP contribution in [0, 0.1) is 17.8 Å². The van der Waals surface area contributed by atoms with E-state index < -0.39 is 0 Å². The molecule has 1 saturated carbocycles. The maximum absolute atomic E-state index is 3.63. The van der Waals surface area contributed by atoms with Crippen molar-refractivity contribution >= 4 is 0 Å². The molecule has 1 fully saturated rings. The fraction of sp³-hybridized carbons (Fsp3) is 1.00. The van der Waals surface area contributed by atoms with Crippen LogP contribution < -0.4 is 5.32 Å². The van der Waals surface area contributed by atoms with Gasteiger partial charge in [0.05, 0.1) is 0 Å². The minimum atomic E-state index is 0.697. The first kappa shape index (κ1) is 10.0. The molecule has 12 heavy (non-hydrogen) atoms. The van der Waals surface area contributed by atoms with E-state index in [4.69, 9.17) is 0 Å². The molecule has 1 heteroatoms. The zero-order valence-electron chi connectivity index (χ0n) is 8.93. The molecule has 0 heterocycles. The fourth-order valence-corrected chi connectivity index (χ4v) is 1.58. The lowest BCUT2D eigenvalue weighted by Crippen LogP contribution is -2.33. The summed E-state index contributed by atoms with van der Waals surface area (Å²) >= 11 is 0. The van der Waals surface area contributed by atoms with Gasteiger partial charge < -0.3 is 5.32 Å². The predicted molar refractivity (Wildman–Crippen MR) is 54.2 cm³/mol. The first-order chi connectivity index (χ1) is 5.65. The molecule has 0 radical (unpaired) electrons. The Morgan fingerprint density at radius 2 is 2.00 bits per heavy atom. The third-order valence-corrected chi connectivity index (χ3v) is 3.48. The Balaban J connectivity index is 2.05. The zero-order valence-corrected chi connectivity index (χ0v) is 8.93. The molecule has 1 rings (SSSR count). The summed E-state index contributed by atoms with van der Waals surface area (Å²) in [5.74, 6) is 2.79. The molecule has 1 aliphatic rings. The van der Waals surface area contributed by atoms with Crippen LogP contribution in [-0.2, 0) is 0 Å². The molecule has 0 aromatic heterocycles. The standard InChI is InChI=1S/C11H23N/c1-5-8(2)10(4)12-7-11-6-9(11)3/h8-12H,5-7H2,1-4H3. The molecule has 0 saturated heterocycles.